The molecule has 1 aromatic carbocycles. The predicted octanol–water partition coefficient (Wildman–Crippen LogP) is 3.20. The van der Waals surface area contributed by atoms with E-state index in [4.69, 9.17) is 5.11 Å². The number of nitrogens with zero attached hydrogens (tertiary/aromatic N) is 1. The van der Waals surface area contributed by atoms with Crippen LogP contribution in [-0.4, -0.2) is 22.6 Å². The van der Waals surface area contributed by atoms with Crippen LogP contribution in [-0.2, 0) is 6.42 Å². The number of aromatic carboxylic acids is 1. The van der Waals surface area contributed by atoms with Crippen molar-refractivity contribution in [2.45, 2.75) is 6.42 Å². The van der Waals surface area contributed by atoms with E-state index < -0.39 is 5.97 Å². The quantitative estimate of drug-likeness (QED) is 0.888. The fraction of sp³-hybridized carbons (Fsp3) is 0.143. The summed E-state index contributed by atoms with van der Waals surface area (Å²) in [5, 5.41) is 12.3. The van der Waals surface area contributed by atoms with Gasteiger partial charge in [-0.25, -0.2) is 4.79 Å². The number of carbonyl (C=O) groups is 1. The van der Waals surface area contributed by atoms with E-state index >= 15 is 0 Å². The van der Waals surface area contributed by atoms with E-state index in [1.807, 2.05) is 18.2 Å². The maximum Gasteiger partial charge on any atom is 0.337 e. The zero-order valence-corrected chi connectivity index (χ0v) is 11.7. The van der Waals surface area contributed by atoms with Crippen molar-refractivity contribution >= 4 is 27.6 Å². The van der Waals surface area contributed by atoms with E-state index in [2.05, 4.69) is 26.2 Å². The average Bonchev–Trinajstić information content (AvgIpc) is 2.41. The van der Waals surface area contributed by atoms with Gasteiger partial charge < -0.3 is 10.4 Å². The molecule has 0 bridgehead atoms. The largest absolute Gasteiger partial charge is 0.478 e. The van der Waals surface area contributed by atoms with Crippen LogP contribution in [0.5, 0.6) is 0 Å². The summed E-state index contributed by atoms with van der Waals surface area (Å²) >= 11 is 3.27. The number of halogens is 1. The number of anilines is 1. The lowest BCUT2D eigenvalue weighted by Crippen LogP contribution is -2.09. The molecule has 0 spiro atoms. The molecule has 2 rings (SSSR count). The molecule has 2 aromatic rings. The Morgan fingerprint density at radius 3 is 2.89 bits per heavy atom. The van der Waals surface area contributed by atoms with E-state index in [1.165, 1.54) is 0 Å². The van der Waals surface area contributed by atoms with E-state index in [-0.39, 0.29) is 5.56 Å². The molecule has 0 saturated heterocycles. The second-order valence-corrected chi connectivity index (χ2v) is 4.95. The Morgan fingerprint density at radius 2 is 2.21 bits per heavy atom. The van der Waals surface area contributed by atoms with E-state index in [0.29, 0.717) is 12.2 Å². The number of carboxylic acid groups (broad SMARTS) is 1. The van der Waals surface area contributed by atoms with Gasteiger partial charge in [0.05, 0.1) is 5.56 Å². The van der Waals surface area contributed by atoms with Gasteiger partial charge in [-0.2, -0.15) is 0 Å². The minimum absolute atomic E-state index is 0.264. The first-order chi connectivity index (χ1) is 9.16. The fourth-order valence-corrected chi connectivity index (χ4v) is 2.10. The molecule has 2 N–H and O–H groups in total. The van der Waals surface area contributed by atoms with Crippen LogP contribution < -0.4 is 5.32 Å². The highest BCUT2D eigenvalue weighted by molar-refractivity contribution is 9.10. The van der Waals surface area contributed by atoms with Crippen molar-refractivity contribution < 1.29 is 9.90 Å². The van der Waals surface area contributed by atoms with Gasteiger partial charge in [0.1, 0.15) is 0 Å². The lowest BCUT2D eigenvalue weighted by atomic mass is 10.1. The molecule has 0 unspecified atom stereocenters. The summed E-state index contributed by atoms with van der Waals surface area (Å²) in [5.74, 6) is -0.940. The summed E-state index contributed by atoms with van der Waals surface area (Å²) in [6.07, 6.45) is 4.33. The van der Waals surface area contributed by atoms with Crippen molar-refractivity contribution in [3.05, 3.63) is 58.3 Å². The molecule has 4 nitrogen and oxygen atoms in total. The number of carboxylic acids is 1. The van der Waals surface area contributed by atoms with Crippen molar-refractivity contribution in [3.8, 4) is 0 Å². The van der Waals surface area contributed by atoms with Crippen LogP contribution in [0.4, 0.5) is 5.69 Å². The maximum absolute atomic E-state index is 11.1. The molecule has 98 valence electrons. The van der Waals surface area contributed by atoms with Crippen molar-refractivity contribution in [1.82, 2.24) is 4.98 Å². The highest BCUT2D eigenvalue weighted by atomic mass is 79.9. The number of rotatable bonds is 5. The molecule has 0 aliphatic heterocycles. The molecule has 0 aliphatic rings. The minimum Gasteiger partial charge on any atom is -0.478 e. The third kappa shape index (κ3) is 3.79. The standard InChI is InChI=1S/C14H13BrN2O2/c15-11-3-4-13(12(8-11)14(18)19)17-7-5-10-2-1-6-16-9-10/h1-4,6,8-9,17H,5,7H2,(H,18,19). The second kappa shape index (κ2) is 6.33. The topological polar surface area (TPSA) is 62.2 Å². The van der Waals surface area contributed by atoms with Gasteiger partial charge in [0.25, 0.3) is 0 Å². The van der Waals surface area contributed by atoms with E-state index in [0.717, 1.165) is 16.5 Å². The summed E-state index contributed by atoms with van der Waals surface area (Å²) in [6, 6.07) is 9.05. The zero-order chi connectivity index (χ0) is 13.7. The van der Waals surface area contributed by atoms with Gasteiger partial charge in [-0.1, -0.05) is 22.0 Å². The molecule has 0 radical (unpaired) electrons. The smallest absolute Gasteiger partial charge is 0.337 e. The fourth-order valence-electron chi connectivity index (χ4n) is 1.74. The van der Waals surface area contributed by atoms with Crippen LogP contribution >= 0.6 is 15.9 Å². The van der Waals surface area contributed by atoms with Gasteiger partial charge >= 0.3 is 5.97 Å². The van der Waals surface area contributed by atoms with Crippen LogP contribution in [0.2, 0.25) is 0 Å². The summed E-state index contributed by atoms with van der Waals surface area (Å²) in [7, 11) is 0. The molecule has 0 fully saturated rings. The van der Waals surface area contributed by atoms with E-state index in [1.54, 1.807) is 24.5 Å². The average molecular weight is 321 g/mol. The van der Waals surface area contributed by atoms with Crippen molar-refractivity contribution in [2.24, 2.45) is 0 Å². The van der Waals surface area contributed by atoms with Crippen molar-refractivity contribution in [3.63, 3.8) is 0 Å². The molecular weight excluding hydrogens is 308 g/mol. The van der Waals surface area contributed by atoms with Crippen LogP contribution in [0.15, 0.2) is 47.2 Å². The number of pyridine rings is 1. The highest BCUT2D eigenvalue weighted by Gasteiger charge is 2.09. The lowest BCUT2D eigenvalue weighted by Gasteiger charge is -2.09. The van der Waals surface area contributed by atoms with Gasteiger partial charge in [-0.15, -0.1) is 0 Å². The van der Waals surface area contributed by atoms with Crippen LogP contribution in [0.3, 0.4) is 0 Å². The molecule has 0 saturated carbocycles. The third-order valence-corrected chi connectivity index (χ3v) is 3.16. The molecule has 0 amide bonds. The molecule has 1 aromatic heterocycles. The van der Waals surface area contributed by atoms with Gasteiger partial charge in [-0.05, 0) is 36.2 Å². The Hall–Kier alpha value is -1.88. The second-order valence-electron chi connectivity index (χ2n) is 4.03. The molecule has 5 heteroatoms. The van der Waals surface area contributed by atoms with Gasteiger partial charge in [0, 0.05) is 29.1 Å². The van der Waals surface area contributed by atoms with Gasteiger partial charge in [-0.3, -0.25) is 4.98 Å². The van der Waals surface area contributed by atoms with Crippen LogP contribution in [0, 0.1) is 0 Å². The van der Waals surface area contributed by atoms with Crippen molar-refractivity contribution in [1.29, 1.82) is 0 Å². The lowest BCUT2D eigenvalue weighted by molar-refractivity contribution is 0.0698. The molecule has 19 heavy (non-hydrogen) atoms. The number of hydrogen-bond acceptors (Lipinski definition) is 3. The Morgan fingerprint density at radius 1 is 1.37 bits per heavy atom. The summed E-state index contributed by atoms with van der Waals surface area (Å²) in [4.78, 5) is 15.2. The Labute approximate surface area is 119 Å². The van der Waals surface area contributed by atoms with Gasteiger partial charge in [0.15, 0.2) is 0 Å². The normalized spacial score (nSPS) is 10.2. The van der Waals surface area contributed by atoms with Crippen LogP contribution in [0.25, 0.3) is 0 Å². The summed E-state index contributed by atoms with van der Waals surface area (Å²) in [6.45, 7) is 0.660. The van der Waals surface area contributed by atoms with Crippen LogP contribution in [0.1, 0.15) is 15.9 Å². The molecular formula is C14H13BrN2O2. The first-order valence-electron chi connectivity index (χ1n) is 5.82. The predicted molar refractivity (Wildman–Crippen MR) is 77.5 cm³/mol. The number of benzene rings is 1. The molecule has 0 atom stereocenters. The number of aromatic nitrogens is 1. The molecule has 1 heterocycles. The number of hydrogen-bond donors (Lipinski definition) is 2. The monoisotopic (exact) mass is 320 g/mol. The maximum atomic E-state index is 11.1. The first-order valence-corrected chi connectivity index (χ1v) is 6.62. The number of nitrogens with one attached hydrogen (secondary N) is 1. The minimum atomic E-state index is -0.940. The third-order valence-electron chi connectivity index (χ3n) is 2.66. The summed E-state index contributed by atoms with van der Waals surface area (Å²) in [5.41, 5.74) is 2.00. The molecule has 0 aliphatic carbocycles. The van der Waals surface area contributed by atoms with Gasteiger partial charge in [0.2, 0.25) is 0 Å². The SMILES string of the molecule is O=C(O)c1cc(Br)ccc1NCCc1cccnc1. The highest BCUT2D eigenvalue weighted by Crippen LogP contribution is 2.21. The van der Waals surface area contributed by atoms with Crippen molar-refractivity contribution in [2.75, 3.05) is 11.9 Å². The zero-order valence-electron chi connectivity index (χ0n) is 10.1. The first kappa shape index (κ1) is 13.5. The van der Waals surface area contributed by atoms with E-state index in [9.17, 15) is 4.79 Å². The Bertz CT molecular complexity index is 573. The summed E-state index contributed by atoms with van der Waals surface area (Å²) < 4.78 is 0.753. The Balaban J connectivity index is 2.02. The Kier molecular flexibility index (Phi) is 4.52.